The maximum atomic E-state index is 12.8. The highest BCUT2D eigenvalue weighted by molar-refractivity contribution is 5.76. The lowest BCUT2D eigenvalue weighted by Crippen LogP contribution is -2.41. The van der Waals surface area contributed by atoms with E-state index in [0.717, 1.165) is 30.6 Å². The van der Waals surface area contributed by atoms with Gasteiger partial charge in [-0.15, -0.1) is 0 Å². The van der Waals surface area contributed by atoms with Gasteiger partial charge in [0, 0.05) is 50.7 Å². The minimum absolute atomic E-state index is 0.00438. The number of fused-ring (bicyclic) bond motifs is 1. The topological polar surface area (TPSA) is 78.0 Å². The number of aryl methyl sites for hydroxylation is 1. The fraction of sp³-hybridized carbons (Fsp3) is 0.545. The first-order valence-electron chi connectivity index (χ1n) is 10.5. The molecule has 1 fully saturated rings. The van der Waals surface area contributed by atoms with Crippen LogP contribution in [0.4, 0.5) is 0 Å². The monoisotopic (exact) mass is 410 g/mol. The van der Waals surface area contributed by atoms with E-state index in [4.69, 9.17) is 4.98 Å². The van der Waals surface area contributed by atoms with E-state index in [1.807, 2.05) is 27.7 Å². The Morgan fingerprint density at radius 1 is 1.27 bits per heavy atom. The molecule has 3 aromatic rings. The van der Waals surface area contributed by atoms with E-state index in [2.05, 4.69) is 25.9 Å². The number of amides is 1. The molecule has 1 unspecified atom stereocenters. The molecule has 0 aliphatic carbocycles. The van der Waals surface area contributed by atoms with Crippen LogP contribution in [0.2, 0.25) is 0 Å². The Bertz CT molecular complexity index is 1100. The summed E-state index contributed by atoms with van der Waals surface area (Å²) in [6.45, 7) is 8.68. The van der Waals surface area contributed by atoms with E-state index in [9.17, 15) is 9.59 Å². The van der Waals surface area contributed by atoms with Gasteiger partial charge in [-0.2, -0.15) is 5.10 Å². The van der Waals surface area contributed by atoms with Gasteiger partial charge in [0.15, 0.2) is 5.65 Å². The first-order chi connectivity index (χ1) is 14.2. The molecule has 0 spiro atoms. The maximum absolute atomic E-state index is 12.8. The molecule has 1 aliphatic rings. The molecule has 0 bridgehead atoms. The summed E-state index contributed by atoms with van der Waals surface area (Å²) < 4.78 is 5.10. The molecule has 1 amide bonds. The number of carbonyl (C=O) groups excluding carboxylic acids is 1. The van der Waals surface area contributed by atoms with Crippen LogP contribution in [0.5, 0.6) is 0 Å². The van der Waals surface area contributed by atoms with Gasteiger partial charge in [-0.1, -0.05) is 20.8 Å². The third kappa shape index (κ3) is 4.04. The van der Waals surface area contributed by atoms with Gasteiger partial charge < -0.3 is 4.90 Å². The first kappa shape index (κ1) is 20.4. The molecular weight excluding hydrogens is 380 g/mol. The summed E-state index contributed by atoms with van der Waals surface area (Å²) in [7, 11) is 1.78. The number of rotatable bonds is 4. The molecule has 8 nitrogen and oxygen atoms in total. The smallest absolute Gasteiger partial charge is 0.330 e. The lowest BCUT2D eigenvalue weighted by Gasteiger charge is -2.32. The summed E-state index contributed by atoms with van der Waals surface area (Å²) in [5, 5.41) is 4.13. The van der Waals surface area contributed by atoms with Crippen molar-refractivity contribution >= 4 is 17.1 Å². The minimum atomic E-state index is -0.0377. The minimum Gasteiger partial charge on any atom is -0.340 e. The van der Waals surface area contributed by atoms with Gasteiger partial charge in [-0.3, -0.25) is 18.6 Å². The number of hydrogen-bond acceptors (Lipinski definition) is 4. The Morgan fingerprint density at radius 3 is 2.77 bits per heavy atom. The van der Waals surface area contributed by atoms with Crippen molar-refractivity contribution < 1.29 is 4.79 Å². The average Bonchev–Trinajstić information content (AvgIpc) is 3.30. The number of carbonyl (C=O) groups is 1. The van der Waals surface area contributed by atoms with Crippen LogP contribution in [-0.4, -0.2) is 47.8 Å². The summed E-state index contributed by atoms with van der Waals surface area (Å²) in [6.07, 6.45) is 5.42. The lowest BCUT2D eigenvalue weighted by atomic mass is 9.94. The molecule has 30 heavy (non-hydrogen) atoms. The van der Waals surface area contributed by atoms with Crippen molar-refractivity contribution in [1.82, 2.24) is 28.8 Å². The van der Waals surface area contributed by atoms with Crippen LogP contribution in [0.25, 0.3) is 11.2 Å². The summed E-state index contributed by atoms with van der Waals surface area (Å²) in [4.78, 5) is 32.2. The number of aromatic nitrogens is 5. The third-order valence-electron chi connectivity index (χ3n) is 5.68. The fourth-order valence-electron chi connectivity index (χ4n) is 4.22. The van der Waals surface area contributed by atoms with Crippen molar-refractivity contribution in [2.24, 2.45) is 12.5 Å². The Balaban J connectivity index is 1.57. The number of likely N-dealkylation sites (tertiary alicyclic amines) is 1. The van der Waals surface area contributed by atoms with Gasteiger partial charge in [-0.25, -0.2) is 9.78 Å². The number of piperidine rings is 1. The van der Waals surface area contributed by atoms with Gasteiger partial charge in [0.1, 0.15) is 6.54 Å². The van der Waals surface area contributed by atoms with Crippen LogP contribution in [0, 0.1) is 5.41 Å². The van der Waals surface area contributed by atoms with Crippen molar-refractivity contribution in [3.63, 3.8) is 0 Å². The summed E-state index contributed by atoms with van der Waals surface area (Å²) >= 11 is 0. The molecule has 0 radical (unpaired) electrons. The van der Waals surface area contributed by atoms with E-state index in [-0.39, 0.29) is 29.5 Å². The van der Waals surface area contributed by atoms with Crippen LogP contribution in [-0.2, 0) is 24.9 Å². The van der Waals surface area contributed by atoms with Crippen molar-refractivity contribution in [3.05, 3.63) is 46.8 Å². The van der Waals surface area contributed by atoms with Crippen LogP contribution < -0.4 is 5.69 Å². The molecular formula is C22H30N6O2. The van der Waals surface area contributed by atoms with Gasteiger partial charge in [0.05, 0.1) is 5.52 Å². The second-order valence-corrected chi connectivity index (χ2v) is 9.45. The van der Waals surface area contributed by atoms with Crippen LogP contribution in [0.1, 0.15) is 45.2 Å². The quantitative estimate of drug-likeness (QED) is 0.662. The van der Waals surface area contributed by atoms with Crippen molar-refractivity contribution in [1.29, 1.82) is 0 Å². The van der Waals surface area contributed by atoms with Gasteiger partial charge >= 0.3 is 5.69 Å². The Labute approximate surface area is 176 Å². The molecule has 160 valence electrons. The van der Waals surface area contributed by atoms with E-state index in [1.165, 1.54) is 0 Å². The number of nitrogens with zero attached hydrogens (tertiary/aromatic N) is 6. The Kier molecular flexibility index (Phi) is 5.26. The lowest BCUT2D eigenvalue weighted by molar-refractivity contribution is -0.133. The predicted octanol–water partition coefficient (Wildman–Crippen LogP) is 2.38. The molecule has 4 rings (SSSR count). The van der Waals surface area contributed by atoms with Gasteiger partial charge in [0.25, 0.3) is 0 Å². The van der Waals surface area contributed by atoms with Crippen molar-refractivity contribution in [2.75, 3.05) is 13.1 Å². The molecule has 8 heteroatoms. The third-order valence-corrected chi connectivity index (χ3v) is 5.68. The van der Waals surface area contributed by atoms with Crippen molar-refractivity contribution in [3.8, 4) is 0 Å². The molecule has 4 heterocycles. The van der Waals surface area contributed by atoms with E-state index in [0.29, 0.717) is 18.7 Å². The largest absolute Gasteiger partial charge is 0.340 e. The zero-order chi connectivity index (χ0) is 21.5. The highest BCUT2D eigenvalue weighted by atomic mass is 16.2. The highest BCUT2D eigenvalue weighted by Gasteiger charge is 2.27. The Morgan fingerprint density at radius 2 is 2.07 bits per heavy atom. The number of imidazole rings is 1. The fourth-order valence-corrected chi connectivity index (χ4v) is 4.22. The summed E-state index contributed by atoms with van der Waals surface area (Å²) in [5.41, 5.74) is 2.48. The van der Waals surface area contributed by atoms with E-state index in [1.54, 1.807) is 28.7 Å². The van der Waals surface area contributed by atoms with Crippen LogP contribution >= 0.6 is 0 Å². The molecule has 3 aromatic heterocycles. The molecule has 0 saturated carbocycles. The molecule has 1 aliphatic heterocycles. The summed E-state index contributed by atoms with van der Waals surface area (Å²) in [6, 6.07) is 5.85. The number of pyridine rings is 1. The molecule has 1 saturated heterocycles. The summed E-state index contributed by atoms with van der Waals surface area (Å²) in [5.74, 6) is 0.249. The van der Waals surface area contributed by atoms with Gasteiger partial charge in [-0.05, 0) is 36.5 Å². The Hall–Kier alpha value is -2.90. The number of hydrogen-bond donors (Lipinski definition) is 0. The molecule has 1 atom stereocenters. The normalized spacial score (nSPS) is 17.6. The first-order valence-corrected chi connectivity index (χ1v) is 10.5. The van der Waals surface area contributed by atoms with Crippen LogP contribution in [0.3, 0.4) is 0 Å². The maximum Gasteiger partial charge on any atom is 0.330 e. The van der Waals surface area contributed by atoms with Crippen molar-refractivity contribution in [2.45, 2.75) is 52.6 Å². The predicted molar refractivity (Wildman–Crippen MR) is 115 cm³/mol. The average molecular weight is 411 g/mol. The second kappa shape index (κ2) is 7.74. The van der Waals surface area contributed by atoms with E-state index < -0.39 is 0 Å². The zero-order valence-corrected chi connectivity index (χ0v) is 18.2. The van der Waals surface area contributed by atoms with Crippen LogP contribution in [0.15, 0.2) is 35.4 Å². The highest BCUT2D eigenvalue weighted by Crippen LogP contribution is 2.28. The SMILES string of the molecule is Cn1c(=O)n(CC(C)(C)C)c2ccc(C3CCCN(C(=O)Cn4cccn4)C3)nc21. The van der Waals surface area contributed by atoms with Gasteiger partial charge in [0.2, 0.25) is 5.91 Å². The van der Waals surface area contributed by atoms with E-state index >= 15 is 0 Å². The molecule has 0 aromatic carbocycles. The molecule has 0 N–H and O–H groups in total. The zero-order valence-electron chi connectivity index (χ0n) is 18.2. The standard InChI is InChI=1S/C22H30N6O2/c1-22(2,3)15-28-18-9-8-17(24-20(18)25(4)21(28)30)16-7-5-11-26(13-16)19(29)14-27-12-6-10-23-27/h6,8-10,12,16H,5,7,11,13-15H2,1-4H3. The second-order valence-electron chi connectivity index (χ2n) is 9.45.